The molecule has 12 amide bonds. The molecule has 0 unspecified atom stereocenters. The van der Waals surface area contributed by atoms with Crippen molar-refractivity contribution in [2.75, 3.05) is 31.2 Å². The lowest BCUT2D eigenvalue weighted by Gasteiger charge is -2.31. The number of rotatable bonds is 14. The fraction of sp³-hybridized carbons (Fsp3) is 0.583. The monoisotopic (exact) mass is 1310 g/mol. The molecule has 0 saturated carbocycles. The lowest BCUT2D eigenvalue weighted by Crippen LogP contribution is -2.62. The maximum atomic E-state index is 14.7. The summed E-state index contributed by atoms with van der Waals surface area (Å²) in [6, 6.07) is -4.91. The summed E-state index contributed by atoms with van der Waals surface area (Å²) in [5.41, 5.74) is 6.52. The second kappa shape index (κ2) is 34.9. The molecular formula is C60H86N12O17S2. The number of fused-ring (bicyclic) bond motifs is 2. The molecule has 5 rings (SSSR count). The third-order valence-electron chi connectivity index (χ3n) is 15.8. The quantitative estimate of drug-likeness (QED) is 0.0942. The highest BCUT2D eigenvalue weighted by Crippen LogP contribution is 2.27. The summed E-state index contributed by atoms with van der Waals surface area (Å²) < 4.78 is 0. The topological polar surface area (TPSA) is 444 Å². The van der Waals surface area contributed by atoms with Crippen LogP contribution in [0.5, 0.6) is 11.5 Å². The van der Waals surface area contributed by atoms with Crippen molar-refractivity contribution < 1.29 is 82.8 Å². The minimum absolute atomic E-state index is 0.0355. The number of carbonyl (C=O) groups is 13. The second-order valence-corrected chi connectivity index (χ2v) is 26.3. The van der Waals surface area contributed by atoms with Gasteiger partial charge in [-0.25, -0.2) is 0 Å². The maximum absolute atomic E-state index is 14.7. The first-order valence-corrected chi connectivity index (χ1v) is 32.7. The number of aliphatic hydroxyl groups is 1. The molecule has 29 nitrogen and oxygen atoms in total. The number of nitrogens with two attached hydrogens (primary N) is 1. The summed E-state index contributed by atoms with van der Waals surface area (Å²) in [4.78, 5) is 184. The largest absolute Gasteiger partial charge is 0.508 e. The van der Waals surface area contributed by atoms with Crippen LogP contribution in [0.4, 0.5) is 0 Å². The summed E-state index contributed by atoms with van der Waals surface area (Å²) in [5, 5.41) is 64.2. The number of hydrogen-bond donors (Lipinski definition) is 14. The molecule has 0 radical (unpaired) electrons. The van der Waals surface area contributed by atoms with Gasteiger partial charge >= 0.3 is 5.97 Å². The van der Waals surface area contributed by atoms with Gasteiger partial charge in [-0.15, -0.1) is 0 Å². The minimum atomic E-state index is -1.87. The van der Waals surface area contributed by atoms with E-state index in [9.17, 15) is 82.8 Å². The van der Waals surface area contributed by atoms with Crippen LogP contribution < -0.4 is 53.6 Å². The first kappa shape index (κ1) is 73.5. The Morgan fingerprint density at radius 2 is 1.02 bits per heavy atom. The van der Waals surface area contributed by atoms with E-state index in [4.69, 9.17) is 5.73 Å². The third-order valence-corrected chi connectivity index (χ3v) is 18.2. The zero-order valence-corrected chi connectivity index (χ0v) is 53.6. The highest BCUT2D eigenvalue weighted by atomic mass is 33.1. The van der Waals surface area contributed by atoms with Gasteiger partial charge in [-0.3, -0.25) is 62.3 Å². The number of carboxylic acid groups (broad SMARTS) is 1. The smallest absolute Gasteiger partial charge is 0.305 e. The average Bonchev–Trinajstić information content (AvgIpc) is 2.09. The lowest BCUT2D eigenvalue weighted by molar-refractivity contribution is -0.146. The summed E-state index contributed by atoms with van der Waals surface area (Å²) in [7, 11) is 2.06. The van der Waals surface area contributed by atoms with E-state index in [-0.39, 0.29) is 87.0 Å². The number of hydrogen-bond acceptors (Lipinski definition) is 18. The summed E-state index contributed by atoms with van der Waals surface area (Å²) in [5.74, 6) is -14.3. The number of primary amides is 1. The van der Waals surface area contributed by atoms with Crippen LogP contribution in [0.1, 0.15) is 105 Å². The number of aliphatic carboxylic acids is 1. The van der Waals surface area contributed by atoms with E-state index in [1.165, 1.54) is 60.4 Å². The molecule has 0 bridgehead atoms. The fourth-order valence-corrected chi connectivity index (χ4v) is 13.0. The van der Waals surface area contributed by atoms with E-state index >= 15 is 0 Å². The number of aliphatic hydroxyl groups excluding tert-OH is 1. The van der Waals surface area contributed by atoms with E-state index in [1.54, 1.807) is 41.5 Å². The van der Waals surface area contributed by atoms with Gasteiger partial charge in [0.25, 0.3) is 0 Å². The Morgan fingerprint density at radius 3 is 1.51 bits per heavy atom. The maximum Gasteiger partial charge on any atom is 0.305 e. The molecule has 15 N–H and O–H groups in total. The summed E-state index contributed by atoms with van der Waals surface area (Å²) in [6.45, 7) is 10.2. The van der Waals surface area contributed by atoms with Crippen molar-refractivity contribution in [2.45, 2.75) is 173 Å². The fourth-order valence-electron chi connectivity index (χ4n) is 10.6. The van der Waals surface area contributed by atoms with E-state index in [1.807, 2.05) is 0 Å². The van der Waals surface area contributed by atoms with Crippen molar-refractivity contribution in [1.82, 2.24) is 57.7 Å². The number of nitrogens with zero attached hydrogens (tertiary/aromatic N) is 2. The number of nitrogens with one attached hydrogen (secondary N) is 9. The first-order valence-electron chi connectivity index (χ1n) is 30.2. The Balaban J connectivity index is 1.56. The second-order valence-electron chi connectivity index (χ2n) is 23.7. The Labute approximate surface area is 535 Å². The molecule has 3 saturated heterocycles. The van der Waals surface area contributed by atoms with Crippen LogP contribution in [0.2, 0.25) is 0 Å². The predicted molar refractivity (Wildman–Crippen MR) is 333 cm³/mol. The number of carboxylic acids is 1. The zero-order valence-electron chi connectivity index (χ0n) is 52.0. The molecule has 3 fully saturated rings. The van der Waals surface area contributed by atoms with Gasteiger partial charge in [0.15, 0.2) is 0 Å². The number of phenolic OH excluding ortho intramolecular Hbond substituents is 2. The third kappa shape index (κ3) is 21.7. The molecule has 2 aromatic carbocycles. The SMILES string of the molecule is CC[C@H](C)[C@@H]1NC(=O)[C@H](Cc2ccc(O)cc2)NC(=O)[C@H](CC(C)C)NC(=O)[C@@H]2CCCN2C(=O)[C@@H](NC(C)=O)CSSC[C@@H](C(N)=O)NC(=O)[C@H](C(C)C)NC(=O)[C@@H]2CCCN2C(=O)[C@H](CC(=O)O)NC(=O)[C@H](Cc2ccc(O)cc2)NC(=O)[C@H](CO)NC1=O. The molecular weight excluding hydrogens is 1220 g/mol. The van der Waals surface area contributed by atoms with Gasteiger partial charge in [0.2, 0.25) is 70.9 Å². The molecule has 31 heteroatoms. The number of aromatic hydroxyl groups is 2. The molecule has 3 aliphatic rings. The number of carbonyl (C=O) groups excluding carboxylic acids is 12. The summed E-state index contributed by atoms with van der Waals surface area (Å²) >= 11 is 0. The molecule has 0 spiro atoms. The number of benzene rings is 2. The van der Waals surface area contributed by atoms with E-state index in [0.717, 1.165) is 26.5 Å². The number of phenols is 2. The minimum Gasteiger partial charge on any atom is -0.508 e. The average molecular weight is 1310 g/mol. The summed E-state index contributed by atoms with van der Waals surface area (Å²) in [6.07, 6.45) is -0.545. The van der Waals surface area contributed by atoms with E-state index < -0.39 is 168 Å². The highest BCUT2D eigenvalue weighted by molar-refractivity contribution is 8.76. The van der Waals surface area contributed by atoms with Crippen molar-refractivity contribution >= 4 is 98.4 Å². The van der Waals surface area contributed by atoms with Gasteiger partial charge < -0.3 is 83.8 Å². The van der Waals surface area contributed by atoms with Crippen LogP contribution >= 0.6 is 21.6 Å². The van der Waals surface area contributed by atoms with Crippen LogP contribution in [0, 0.1) is 17.8 Å². The van der Waals surface area contributed by atoms with Crippen LogP contribution in [0.15, 0.2) is 48.5 Å². The van der Waals surface area contributed by atoms with Crippen LogP contribution in [0.3, 0.4) is 0 Å². The molecule has 500 valence electrons. The molecule has 0 aliphatic carbocycles. The Bertz CT molecular complexity index is 2960. The van der Waals surface area contributed by atoms with Crippen LogP contribution in [0.25, 0.3) is 0 Å². The number of amides is 12. The van der Waals surface area contributed by atoms with Gasteiger partial charge in [-0.2, -0.15) is 0 Å². The van der Waals surface area contributed by atoms with Crippen molar-refractivity contribution in [3.8, 4) is 11.5 Å². The van der Waals surface area contributed by atoms with E-state index in [2.05, 4.69) is 47.9 Å². The van der Waals surface area contributed by atoms with E-state index in [0.29, 0.717) is 17.5 Å². The molecule has 91 heavy (non-hydrogen) atoms. The molecule has 3 aliphatic heterocycles. The molecule has 0 aromatic heterocycles. The van der Waals surface area contributed by atoms with Gasteiger partial charge in [-0.1, -0.05) is 93.8 Å². The van der Waals surface area contributed by atoms with Crippen molar-refractivity contribution in [3.63, 3.8) is 0 Å². The zero-order chi connectivity index (χ0) is 67.4. The molecule has 2 aromatic rings. The van der Waals surface area contributed by atoms with Crippen molar-refractivity contribution in [3.05, 3.63) is 59.7 Å². The van der Waals surface area contributed by atoms with Gasteiger partial charge in [0.1, 0.15) is 78.0 Å². The van der Waals surface area contributed by atoms with Crippen LogP contribution in [-0.4, -0.2) is 205 Å². The standard InChI is InChI=1S/C60H86N12O17S2/c1-8-32(6)49-58(87)67-42(27-73)54(83)64-39(24-34-13-17-36(75)18-14-34)52(81)66-41(26-47(77)78)59(88)71-21-10-12-46(71)56(85)69-48(31(4)5)57(86)68-43(50(61)79)28-90-91-29-44(62-33(7)74)60(89)72-22-9-11-45(72)55(84)65-38(23-30(2)3)51(80)63-40(53(82)70-49)25-35-15-19-37(76)20-16-35/h13-20,30-32,38-46,48-49,73,75-76H,8-12,21-29H2,1-7H3,(H2,61,79)(H,62,74)(H,63,80)(H,64,83)(H,65,84)(H,66,81)(H,67,87)(H,68,86)(H,69,85)(H,70,82)(H,77,78)/t32-,38-,39-,40-,41-,42-,43-,44-,45-,46-,48-,49-/m0/s1. The lowest BCUT2D eigenvalue weighted by atomic mass is 9.96. The van der Waals surface area contributed by atoms with Crippen LogP contribution in [-0.2, 0) is 75.2 Å². The normalized spacial score (nSPS) is 26.6. The Kier molecular flexibility index (Phi) is 28.2. The first-order chi connectivity index (χ1) is 43.0. The van der Waals surface area contributed by atoms with Gasteiger partial charge in [0.05, 0.1) is 13.0 Å². The highest BCUT2D eigenvalue weighted by Gasteiger charge is 2.43. The van der Waals surface area contributed by atoms with Crippen molar-refractivity contribution in [2.24, 2.45) is 23.5 Å². The van der Waals surface area contributed by atoms with Crippen molar-refractivity contribution in [1.29, 1.82) is 0 Å². The van der Waals surface area contributed by atoms with Gasteiger partial charge in [0, 0.05) is 44.4 Å². The predicted octanol–water partition coefficient (Wildman–Crippen LogP) is -1.66. The Hall–Kier alpha value is -8.19. The molecule has 3 heterocycles. The van der Waals surface area contributed by atoms with Gasteiger partial charge in [-0.05, 0) is 85.3 Å². The Morgan fingerprint density at radius 1 is 0.582 bits per heavy atom. The molecule has 12 atom stereocenters.